The number of carbonyl (C=O) groups excluding carboxylic acids is 1. The van der Waals surface area contributed by atoms with Crippen LogP contribution in [0.4, 0.5) is 4.39 Å². The predicted molar refractivity (Wildman–Crippen MR) is 80.5 cm³/mol. The molecule has 5 nitrogen and oxygen atoms in total. The van der Waals surface area contributed by atoms with Crippen LogP contribution in [0.25, 0.3) is 0 Å². The lowest BCUT2D eigenvalue weighted by atomic mass is 9.90. The maximum Gasteiger partial charge on any atom is 0.307 e. The van der Waals surface area contributed by atoms with Crippen molar-refractivity contribution in [3.8, 4) is 5.75 Å². The Balaban J connectivity index is 1.53. The third-order valence-corrected chi connectivity index (χ3v) is 5.03. The molecule has 2 unspecified atom stereocenters. The van der Waals surface area contributed by atoms with Crippen LogP contribution in [0.15, 0.2) is 24.3 Å². The van der Waals surface area contributed by atoms with E-state index >= 15 is 0 Å². The molecule has 1 aliphatic carbocycles. The molecular formula is C17H20FNO4. The zero-order chi connectivity index (χ0) is 16.6. The number of amides is 1. The van der Waals surface area contributed by atoms with Gasteiger partial charge in [0.25, 0.3) is 5.91 Å². The smallest absolute Gasteiger partial charge is 0.307 e. The highest BCUT2D eigenvalue weighted by Gasteiger charge is 2.59. The molecule has 1 N–H and O–H groups in total. The minimum atomic E-state index is -0.724. The molecule has 1 saturated carbocycles. The number of aliphatic carboxylic acids is 1. The van der Waals surface area contributed by atoms with Crippen LogP contribution in [0, 0.1) is 17.2 Å². The molecule has 1 heterocycles. The maximum atomic E-state index is 12.9. The highest BCUT2D eigenvalue weighted by molar-refractivity contribution is 5.81. The molecule has 1 aromatic carbocycles. The first-order chi connectivity index (χ1) is 10.9. The molecule has 2 fully saturated rings. The molecule has 1 aromatic rings. The molecule has 1 amide bonds. The Labute approximate surface area is 134 Å². The predicted octanol–water partition coefficient (Wildman–Crippen LogP) is 2.31. The van der Waals surface area contributed by atoms with Crippen molar-refractivity contribution in [1.29, 1.82) is 0 Å². The summed E-state index contributed by atoms with van der Waals surface area (Å²) < 4.78 is 18.4. The number of carboxylic acids is 1. The number of ether oxygens (including phenoxy) is 1. The van der Waals surface area contributed by atoms with Gasteiger partial charge in [-0.1, -0.05) is 0 Å². The Morgan fingerprint density at radius 2 is 1.91 bits per heavy atom. The third kappa shape index (κ3) is 3.16. The summed E-state index contributed by atoms with van der Waals surface area (Å²) in [5.41, 5.74) is -0.0936. The van der Waals surface area contributed by atoms with Crippen molar-refractivity contribution in [2.75, 3.05) is 13.1 Å². The number of carboxylic acid groups (broad SMARTS) is 1. The van der Waals surface area contributed by atoms with E-state index in [0.717, 1.165) is 19.3 Å². The first kappa shape index (κ1) is 15.8. The topological polar surface area (TPSA) is 66.8 Å². The Kier molecular flexibility index (Phi) is 4.00. The van der Waals surface area contributed by atoms with E-state index in [1.807, 2.05) is 0 Å². The minimum Gasteiger partial charge on any atom is -0.481 e. The summed E-state index contributed by atoms with van der Waals surface area (Å²) >= 11 is 0. The van der Waals surface area contributed by atoms with Gasteiger partial charge in [0.1, 0.15) is 11.6 Å². The molecule has 2 aliphatic rings. The van der Waals surface area contributed by atoms with Gasteiger partial charge in [-0.2, -0.15) is 0 Å². The third-order valence-electron chi connectivity index (χ3n) is 5.03. The van der Waals surface area contributed by atoms with Gasteiger partial charge in [-0.15, -0.1) is 0 Å². The van der Waals surface area contributed by atoms with E-state index in [9.17, 15) is 14.0 Å². The zero-order valence-corrected chi connectivity index (χ0v) is 13.0. The first-order valence-corrected chi connectivity index (χ1v) is 7.85. The number of likely N-dealkylation sites (tertiary alicyclic amines) is 1. The van der Waals surface area contributed by atoms with E-state index in [-0.39, 0.29) is 23.1 Å². The standard InChI is InChI=1S/C17H20FNO4/c1-11(23-13-4-2-12(18)3-5-13)15(20)19-8-6-17(7-9-19)10-14(17)16(21)22/h2-5,11,14H,6-10H2,1H3,(H,21,22). The van der Waals surface area contributed by atoms with E-state index in [2.05, 4.69) is 0 Å². The second kappa shape index (κ2) is 5.83. The Morgan fingerprint density at radius 1 is 1.30 bits per heavy atom. The minimum absolute atomic E-state index is 0.0936. The van der Waals surface area contributed by atoms with Crippen molar-refractivity contribution < 1.29 is 23.8 Å². The van der Waals surface area contributed by atoms with Crippen LogP contribution < -0.4 is 4.74 Å². The molecule has 23 heavy (non-hydrogen) atoms. The maximum absolute atomic E-state index is 12.9. The van der Waals surface area contributed by atoms with Gasteiger partial charge >= 0.3 is 5.97 Å². The van der Waals surface area contributed by atoms with Crippen LogP contribution in [0.3, 0.4) is 0 Å². The number of halogens is 1. The largest absolute Gasteiger partial charge is 0.481 e. The Morgan fingerprint density at radius 3 is 2.43 bits per heavy atom. The molecule has 6 heteroatoms. The fraction of sp³-hybridized carbons (Fsp3) is 0.529. The average molecular weight is 321 g/mol. The number of nitrogens with zero attached hydrogens (tertiary/aromatic N) is 1. The lowest BCUT2D eigenvalue weighted by Gasteiger charge is -2.34. The van der Waals surface area contributed by atoms with Gasteiger partial charge < -0.3 is 14.7 Å². The van der Waals surface area contributed by atoms with Gasteiger partial charge in [-0.05, 0) is 55.9 Å². The molecule has 1 spiro atoms. The highest BCUT2D eigenvalue weighted by Crippen LogP contribution is 2.59. The van der Waals surface area contributed by atoms with Gasteiger partial charge in [-0.25, -0.2) is 4.39 Å². The molecule has 3 rings (SSSR count). The van der Waals surface area contributed by atoms with Crippen LogP contribution in [0.5, 0.6) is 5.75 Å². The molecule has 124 valence electrons. The fourth-order valence-electron chi connectivity index (χ4n) is 3.45. The number of hydrogen-bond donors (Lipinski definition) is 1. The van der Waals surface area contributed by atoms with Crippen molar-refractivity contribution in [2.45, 2.75) is 32.3 Å². The lowest BCUT2D eigenvalue weighted by Crippen LogP contribution is -2.45. The SMILES string of the molecule is CC(Oc1ccc(F)cc1)C(=O)N1CCC2(CC1)CC2C(=O)O. The van der Waals surface area contributed by atoms with Crippen molar-refractivity contribution in [3.05, 3.63) is 30.1 Å². The first-order valence-electron chi connectivity index (χ1n) is 7.85. The normalized spacial score (nSPS) is 23.4. The van der Waals surface area contributed by atoms with Crippen LogP contribution >= 0.6 is 0 Å². The summed E-state index contributed by atoms with van der Waals surface area (Å²) in [6.45, 7) is 2.81. The van der Waals surface area contributed by atoms with Gasteiger partial charge in [0, 0.05) is 13.1 Å². The van der Waals surface area contributed by atoms with E-state index < -0.39 is 12.1 Å². The van der Waals surface area contributed by atoms with E-state index in [4.69, 9.17) is 9.84 Å². The van der Waals surface area contributed by atoms with E-state index in [1.165, 1.54) is 24.3 Å². The number of rotatable bonds is 4. The number of piperidine rings is 1. The van der Waals surface area contributed by atoms with Crippen molar-refractivity contribution in [2.24, 2.45) is 11.3 Å². The van der Waals surface area contributed by atoms with E-state index in [0.29, 0.717) is 18.8 Å². The molecular weight excluding hydrogens is 301 g/mol. The van der Waals surface area contributed by atoms with Gasteiger partial charge in [0.2, 0.25) is 0 Å². The fourth-order valence-corrected chi connectivity index (χ4v) is 3.45. The van der Waals surface area contributed by atoms with Gasteiger partial charge in [0.05, 0.1) is 5.92 Å². The highest BCUT2D eigenvalue weighted by atomic mass is 19.1. The second-order valence-corrected chi connectivity index (χ2v) is 6.50. The molecule has 0 radical (unpaired) electrons. The molecule has 0 aromatic heterocycles. The number of hydrogen-bond acceptors (Lipinski definition) is 3. The molecule has 0 bridgehead atoms. The van der Waals surface area contributed by atoms with Crippen LogP contribution in [-0.4, -0.2) is 41.1 Å². The number of carbonyl (C=O) groups is 2. The quantitative estimate of drug-likeness (QED) is 0.924. The lowest BCUT2D eigenvalue weighted by molar-refractivity contribution is -0.141. The van der Waals surface area contributed by atoms with Gasteiger partial charge in [0.15, 0.2) is 6.10 Å². The summed E-state index contributed by atoms with van der Waals surface area (Å²) in [6, 6.07) is 5.56. The average Bonchev–Trinajstić information content (AvgIpc) is 3.24. The monoisotopic (exact) mass is 321 g/mol. The Bertz CT molecular complexity index is 608. The van der Waals surface area contributed by atoms with E-state index in [1.54, 1.807) is 11.8 Å². The summed E-state index contributed by atoms with van der Waals surface area (Å²) in [7, 11) is 0. The Hall–Kier alpha value is -2.11. The van der Waals surface area contributed by atoms with Crippen LogP contribution in [-0.2, 0) is 9.59 Å². The van der Waals surface area contributed by atoms with Crippen LogP contribution in [0.2, 0.25) is 0 Å². The molecule has 1 aliphatic heterocycles. The zero-order valence-electron chi connectivity index (χ0n) is 13.0. The number of benzene rings is 1. The summed E-state index contributed by atoms with van der Waals surface area (Å²) in [5, 5.41) is 9.09. The summed E-state index contributed by atoms with van der Waals surface area (Å²) in [4.78, 5) is 25.2. The molecule has 1 saturated heterocycles. The van der Waals surface area contributed by atoms with Crippen molar-refractivity contribution >= 4 is 11.9 Å². The summed E-state index contributed by atoms with van der Waals surface area (Å²) in [6.07, 6.45) is 1.55. The van der Waals surface area contributed by atoms with Crippen molar-refractivity contribution in [1.82, 2.24) is 4.90 Å². The van der Waals surface area contributed by atoms with Gasteiger partial charge in [-0.3, -0.25) is 9.59 Å². The van der Waals surface area contributed by atoms with Crippen molar-refractivity contribution in [3.63, 3.8) is 0 Å². The van der Waals surface area contributed by atoms with Crippen LogP contribution in [0.1, 0.15) is 26.2 Å². The second-order valence-electron chi connectivity index (χ2n) is 6.50. The summed E-state index contributed by atoms with van der Waals surface area (Å²) in [5.74, 6) is -0.980. The molecule has 2 atom stereocenters.